The monoisotopic (exact) mass is 404 g/mol. The fraction of sp³-hybridized carbons (Fsp3) is 0.444. The van der Waals surface area contributed by atoms with Gasteiger partial charge in [0.05, 0.1) is 11.1 Å². The van der Waals surface area contributed by atoms with Gasteiger partial charge in [0.15, 0.2) is 5.13 Å². The standard InChI is InChI=1S/C18H21FN6O2S/c1-10-4-13(27-16-5-12-7-24(3)23-14(12)6-20-16)8-25(10)9-15-17(19)22-18(28-15)21-11(2)26/h5-7,10,13H,4,8-9H2,1-3H3,(H,21,22,26)/t10-,13+/m0/s1. The van der Waals surface area contributed by atoms with Crippen molar-refractivity contribution in [3.05, 3.63) is 29.3 Å². The van der Waals surface area contributed by atoms with Gasteiger partial charge in [-0.25, -0.2) is 4.98 Å². The van der Waals surface area contributed by atoms with E-state index in [1.54, 1.807) is 10.9 Å². The van der Waals surface area contributed by atoms with Gasteiger partial charge in [-0.05, 0) is 6.92 Å². The Morgan fingerprint density at radius 3 is 3.11 bits per heavy atom. The molecular weight excluding hydrogens is 383 g/mol. The number of nitrogens with one attached hydrogen (secondary N) is 1. The summed E-state index contributed by atoms with van der Waals surface area (Å²) in [5, 5.41) is 8.10. The Bertz CT molecular complexity index is 1020. The number of carbonyl (C=O) groups is 1. The number of rotatable bonds is 5. The van der Waals surface area contributed by atoms with Gasteiger partial charge in [-0.1, -0.05) is 11.3 Å². The lowest BCUT2D eigenvalue weighted by Crippen LogP contribution is -2.28. The maximum absolute atomic E-state index is 14.1. The first kappa shape index (κ1) is 18.8. The average Bonchev–Trinajstić information content (AvgIpc) is 3.24. The van der Waals surface area contributed by atoms with Gasteiger partial charge in [0.25, 0.3) is 0 Å². The van der Waals surface area contributed by atoms with Gasteiger partial charge in [-0.15, -0.1) is 0 Å². The molecule has 4 rings (SSSR count). The lowest BCUT2D eigenvalue weighted by Gasteiger charge is -2.19. The lowest BCUT2D eigenvalue weighted by atomic mass is 10.2. The van der Waals surface area contributed by atoms with Crippen LogP contribution in [0.25, 0.3) is 10.9 Å². The van der Waals surface area contributed by atoms with Crippen LogP contribution in [0.15, 0.2) is 18.5 Å². The highest BCUT2D eigenvalue weighted by Gasteiger charge is 2.32. The van der Waals surface area contributed by atoms with Gasteiger partial charge in [-0.3, -0.25) is 14.4 Å². The van der Waals surface area contributed by atoms with Crippen LogP contribution < -0.4 is 10.1 Å². The molecule has 3 aromatic heterocycles. The summed E-state index contributed by atoms with van der Waals surface area (Å²) in [5.41, 5.74) is 0.826. The first-order valence-corrected chi connectivity index (χ1v) is 9.82. The number of nitrogens with zero attached hydrogens (tertiary/aromatic N) is 5. The van der Waals surface area contributed by atoms with E-state index in [0.29, 0.717) is 23.8 Å². The predicted molar refractivity (Wildman–Crippen MR) is 104 cm³/mol. The van der Waals surface area contributed by atoms with Crippen LogP contribution in [-0.4, -0.2) is 49.2 Å². The first-order valence-electron chi connectivity index (χ1n) is 9.00. The quantitative estimate of drug-likeness (QED) is 0.704. The average molecular weight is 404 g/mol. The summed E-state index contributed by atoms with van der Waals surface area (Å²) in [6.45, 7) is 4.56. The van der Waals surface area contributed by atoms with Crippen LogP contribution in [0.4, 0.5) is 9.52 Å². The third-order valence-corrected chi connectivity index (χ3v) is 5.64. The number of thiazole rings is 1. The maximum Gasteiger partial charge on any atom is 0.230 e. The molecule has 1 N–H and O–H groups in total. The topological polar surface area (TPSA) is 85.2 Å². The van der Waals surface area contributed by atoms with E-state index in [0.717, 1.165) is 28.7 Å². The highest BCUT2D eigenvalue weighted by atomic mass is 32.1. The summed E-state index contributed by atoms with van der Waals surface area (Å²) in [5.74, 6) is -0.230. The van der Waals surface area contributed by atoms with Crippen molar-refractivity contribution >= 4 is 33.3 Å². The zero-order valence-electron chi connectivity index (χ0n) is 15.8. The van der Waals surface area contributed by atoms with Gasteiger partial charge in [-0.2, -0.15) is 14.5 Å². The number of carbonyl (C=O) groups excluding carboxylic acids is 1. The van der Waals surface area contributed by atoms with E-state index in [1.807, 2.05) is 19.3 Å². The number of amides is 1. The number of hydrogen-bond acceptors (Lipinski definition) is 7. The molecule has 0 spiro atoms. The highest BCUT2D eigenvalue weighted by Crippen LogP contribution is 2.29. The summed E-state index contributed by atoms with van der Waals surface area (Å²) in [4.78, 5) is 21.9. The molecule has 8 nitrogen and oxygen atoms in total. The van der Waals surface area contributed by atoms with Crippen molar-refractivity contribution in [2.45, 2.75) is 39.0 Å². The Morgan fingerprint density at radius 1 is 1.50 bits per heavy atom. The van der Waals surface area contributed by atoms with Crippen molar-refractivity contribution in [3.8, 4) is 5.88 Å². The predicted octanol–water partition coefficient (Wildman–Crippen LogP) is 2.56. The van der Waals surface area contributed by atoms with E-state index in [9.17, 15) is 9.18 Å². The first-order chi connectivity index (χ1) is 13.4. The Kier molecular flexibility index (Phi) is 4.98. The number of pyridine rings is 1. The van der Waals surface area contributed by atoms with E-state index >= 15 is 0 Å². The lowest BCUT2D eigenvalue weighted by molar-refractivity contribution is -0.114. The van der Waals surface area contributed by atoms with E-state index in [4.69, 9.17) is 4.74 Å². The number of fused-ring (bicyclic) bond motifs is 1. The van der Waals surface area contributed by atoms with E-state index in [-0.39, 0.29) is 23.2 Å². The summed E-state index contributed by atoms with van der Waals surface area (Å²) >= 11 is 1.16. The third-order valence-electron chi connectivity index (χ3n) is 4.71. The number of hydrogen-bond donors (Lipinski definition) is 1. The molecule has 148 valence electrons. The van der Waals surface area contributed by atoms with Crippen LogP contribution in [-0.2, 0) is 18.4 Å². The Labute approximate surface area is 165 Å². The van der Waals surface area contributed by atoms with Crippen molar-refractivity contribution in [1.82, 2.24) is 24.6 Å². The van der Waals surface area contributed by atoms with Crippen molar-refractivity contribution in [3.63, 3.8) is 0 Å². The number of anilines is 1. The van der Waals surface area contributed by atoms with Crippen LogP contribution in [0, 0.1) is 5.95 Å². The molecule has 4 heterocycles. The van der Waals surface area contributed by atoms with Crippen LogP contribution in [0.3, 0.4) is 0 Å². The molecule has 0 bridgehead atoms. The van der Waals surface area contributed by atoms with Crippen molar-refractivity contribution in [2.75, 3.05) is 11.9 Å². The van der Waals surface area contributed by atoms with Gasteiger partial charge in [0.2, 0.25) is 17.7 Å². The normalized spacial score (nSPS) is 20.0. The van der Waals surface area contributed by atoms with E-state index in [1.165, 1.54) is 6.92 Å². The fourth-order valence-electron chi connectivity index (χ4n) is 3.44. The Balaban J connectivity index is 1.41. The number of ether oxygens (including phenoxy) is 1. The second-order valence-corrected chi connectivity index (χ2v) is 8.14. The SMILES string of the molecule is CC(=O)Nc1nc(F)c(CN2C[C@H](Oc3cc4cn(C)nc4cn3)C[C@@H]2C)s1. The molecule has 1 aliphatic rings. The molecule has 0 unspecified atom stereocenters. The molecular formula is C18H21FN6O2S. The minimum Gasteiger partial charge on any atom is -0.473 e. The van der Waals surface area contributed by atoms with Gasteiger partial charge < -0.3 is 10.1 Å². The highest BCUT2D eigenvalue weighted by molar-refractivity contribution is 7.15. The van der Waals surface area contributed by atoms with Crippen LogP contribution >= 0.6 is 11.3 Å². The smallest absolute Gasteiger partial charge is 0.230 e. The van der Waals surface area contributed by atoms with Crippen molar-refractivity contribution < 1.29 is 13.9 Å². The molecule has 0 aromatic carbocycles. The maximum atomic E-state index is 14.1. The van der Waals surface area contributed by atoms with Gasteiger partial charge in [0.1, 0.15) is 11.6 Å². The Morgan fingerprint density at radius 2 is 2.32 bits per heavy atom. The molecule has 1 amide bonds. The minimum atomic E-state index is -0.533. The molecule has 28 heavy (non-hydrogen) atoms. The molecule has 0 radical (unpaired) electrons. The van der Waals surface area contributed by atoms with Crippen LogP contribution in [0.2, 0.25) is 0 Å². The van der Waals surface area contributed by atoms with Crippen LogP contribution in [0.1, 0.15) is 25.1 Å². The zero-order valence-corrected chi connectivity index (χ0v) is 16.7. The number of likely N-dealkylation sites (tertiary alicyclic amines) is 1. The molecule has 3 aromatic rings. The molecule has 1 saturated heterocycles. The molecule has 0 aliphatic carbocycles. The number of aryl methyl sites for hydroxylation is 1. The molecule has 0 saturated carbocycles. The molecule has 2 atom stereocenters. The molecule has 1 aliphatic heterocycles. The van der Waals surface area contributed by atoms with Gasteiger partial charge >= 0.3 is 0 Å². The number of halogens is 1. The second-order valence-electron chi connectivity index (χ2n) is 7.05. The second kappa shape index (κ2) is 7.44. The van der Waals surface area contributed by atoms with Crippen molar-refractivity contribution in [2.24, 2.45) is 7.05 Å². The summed E-state index contributed by atoms with van der Waals surface area (Å²) in [7, 11) is 1.87. The zero-order chi connectivity index (χ0) is 19.8. The Hall–Kier alpha value is -2.59. The summed E-state index contributed by atoms with van der Waals surface area (Å²) < 4.78 is 21.9. The fourth-order valence-corrected chi connectivity index (χ4v) is 4.35. The van der Waals surface area contributed by atoms with E-state index in [2.05, 4.69) is 32.2 Å². The van der Waals surface area contributed by atoms with E-state index < -0.39 is 5.95 Å². The largest absolute Gasteiger partial charge is 0.473 e. The summed E-state index contributed by atoms with van der Waals surface area (Å²) in [6.07, 6.45) is 4.43. The third kappa shape index (κ3) is 3.97. The van der Waals surface area contributed by atoms with Crippen LogP contribution in [0.5, 0.6) is 5.88 Å². The minimum absolute atomic E-state index is 0.0255. The van der Waals surface area contributed by atoms with Crippen molar-refractivity contribution in [1.29, 1.82) is 0 Å². The van der Waals surface area contributed by atoms with Gasteiger partial charge in [0, 0.05) is 57.2 Å². The summed E-state index contributed by atoms with van der Waals surface area (Å²) in [6, 6.07) is 2.12. The molecule has 1 fully saturated rings. The number of aromatic nitrogens is 4. The molecule has 10 heteroatoms.